The summed E-state index contributed by atoms with van der Waals surface area (Å²) in [6.45, 7) is 0. The molecule has 2 rings (SSSR count). The van der Waals surface area contributed by atoms with Crippen molar-refractivity contribution in [2.45, 2.75) is 11.1 Å². The van der Waals surface area contributed by atoms with Gasteiger partial charge in [0.1, 0.15) is 0 Å². The minimum absolute atomic E-state index is 0.0452. The van der Waals surface area contributed by atoms with Crippen LogP contribution in [0.5, 0.6) is 0 Å². The van der Waals surface area contributed by atoms with Gasteiger partial charge in [-0.2, -0.15) is 13.2 Å². The molecule has 5 nitrogen and oxygen atoms in total. The van der Waals surface area contributed by atoms with Crippen LogP contribution in [0.3, 0.4) is 0 Å². The first kappa shape index (κ1) is 18.0. The second kappa shape index (κ2) is 6.63. The van der Waals surface area contributed by atoms with E-state index in [1.165, 1.54) is 24.3 Å². The smallest absolute Gasteiger partial charge is 0.291 e. The molecular weight excluding hydrogens is 423 g/mol. The average molecular weight is 431 g/mol. The van der Waals surface area contributed by atoms with Gasteiger partial charge in [0.15, 0.2) is 5.82 Å². The molecular formula is C12H8BrClF3N3O2S. The van der Waals surface area contributed by atoms with Crippen LogP contribution < -0.4 is 10.3 Å². The third-order valence-electron chi connectivity index (χ3n) is 2.60. The summed E-state index contributed by atoms with van der Waals surface area (Å²) in [5.41, 5.74) is 1.15. The summed E-state index contributed by atoms with van der Waals surface area (Å²) in [5.74, 6) is -0.250. The predicted molar refractivity (Wildman–Crippen MR) is 82.3 cm³/mol. The lowest BCUT2D eigenvalue weighted by atomic mass is 10.3. The predicted octanol–water partition coefficient (Wildman–Crippen LogP) is 3.82. The zero-order chi connectivity index (χ0) is 17.3. The maximum absolute atomic E-state index is 12.5. The number of aromatic nitrogens is 1. The Balaban J connectivity index is 2.16. The van der Waals surface area contributed by atoms with E-state index < -0.39 is 21.8 Å². The van der Waals surface area contributed by atoms with Gasteiger partial charge in [0.2, 0.25) is 0 Å². The van der Waals surface area contributed by atoms with E-state index in [9.17, 15) is 21.6 Å². The molecule has 0 saturated heterocycles. The lowest BCUT2D eigenvalue weighted by molar-refractivity contribution is -0.137. The number of nitrogens with one attached hydrogen (secondary N) is 2. The highest BCUT2D eigenvalue weighted by Crippen LogP contribution is 2.32. The number of hydrogen-bond acceptors (Lipinski definition) is 4. The Labute approximate surface area is 143 Å². The molecule has 11 heteroatoms. The topological polar surface area (TPSA) is 71.1 Å². The van der Waals surface area contributed by atoms with E-state index in [1.54, 1.807) is 0 Å². The van der Waals surface area contributed by atoms with Crippen LogP contribution in [0.4, 0.5) is 19.0 Å². The number of benzene rings is 1. The van der Waals surface area contributed by atoms with Gasteiger partial charge in [0.05, 0.1) is 15.5 Å². The Hall–Kier alpha value is -1.36. The van der Waals surface area contributed by atoms with E-state index in [1.807, 2.05) is 4.83 Å². The number of hydrogen-bond donors (Lipinski definition) is 2. The van der Waals surface area contributed by atoms with Crippen molar-refractivity contribution in [1.82, 2.24) is 9.82 Å². The number of rotatable bonds is 4. The number of hydrazine groups is 1. The van der Waals surface area contributed by atoms with Crippen LogP contribution in [-0.4, -0.2) is 13.4 Å². The normalized spacial score (nSPS) is 12.2. The van der Waals surface area contributed by atoms with Gasteiger partial charge in [-0.1, -0.05) is 27.5 Å². The van der Waals surface area contributed by atoms with Crippen molar-refractivity contribution in [2.75, 3.05) is 5.43 Å². The standard InChI is InChI=1S/C12H8BrClF3N3O2S/c13-8-1-3-9(4-2-8)23(21,22)20-19-11-10(14)5-7(6-18-11)12(15,16)17/h1-6,20H,(H,18,19). The summed E-state index contributed by atoms with van der Waals surface area (Å²) in [5, 5.41) is -0.377. The SMILES string of the molecule is O=S(=O)(NNc1ncc(C(F)(F)F)cc1Cl)c1ccc(Br)cc1. The monoisotopic (exact) mass is 429 g/mol. The van der Waals surface area contributed by atoms with Crippen LogP contribution in [0.2, 0.25) is 5.02 Å². The minimum Gasteiger partial charge on any atom is -0.291 e. The maximum atomic E-state index is 12.5. The van der Waals surface area contributed by atoms with Gasteiger partial charge in [0, 0.05) is 10.7 Å². The molecule has 0 fully saturated rings. The second-order valence-electron chi connectivity index (χ2n) is 4.24. The molecule has 1 heterocycles. The van der Waals surface area contributed by atoms with E-state index >= 15 is 0 Å². The summed E-state index contributed by atoms with van der Waals surface area (Å²) in [4.78, 5) is 5.40. The molecule has 0 saturated carbocycles. The van der Waals surface area contributed by atoms with E-state index in [-0.39, 0.29) is 15.7 Å². The fourth-order valence-corrected chi connectivity index (χ4v) is 2.79. The van der Waals surface area contributed by atoms with Gasteiger partial charge in [-0.05, 0) is 30.3 Å². The van der Waals surface area contributed by atoms with Crippen LogP contribution in [0.1, 0.15) is 5.56 Å². The van der Waals surface area contributed by atoms with Gasteiger partial charge < -0.3 is 0 Å². The van der Waals surface area contributed by atoms with Crippen molar-refractivity contribution in [3.8, 4) is 0 Å². The number of alkyl halides is 3. The highest BCUT2D eigenvalue weighted by Gasteiger charge is 2.31. The Bertz CT molecular complexity index is 813. The molecule has 0 aliphatic rings. The molecule has 2 N–H and O–H groups in total. The zero-order valence-corrected chi connectivity index (χ0v) is 14.2. The molecule has 23 heavy (non-hydrogen) atoms. The lowest BCUT2D eigenvalue weighted by Crippen LogP contribution is -2.30. The Morgan fingerprint density at radius 2 is 1.78 bits per heavy atom. The molecule has 0 aliphatic carbocycles. The van der Waals surface area contributed by atoms with Crippen molar-refractivity contribution in [3.63, 3.8) is 0 Å². The number of nitrogens with zero attached hydrogens (tertiary/aromatic N) is 1. The van der Waals surface area contributed by atoms with E-state index in [4.69, 9.17) is 11.6 Å². The van der Waals surface area contributed by atoms with Crippen LogP contribution >= 0.6 is 27.5 Å². The quantitative estimate of drug-likeness (QED) is 0.724. The Morgan fingerprint density at radius 1 is 1.17 bits per heavy atom. The molecule has 2 aromatic rings. The fourth-order valence-electron chi connectivity index (χ4n) is 1.47. The van der Waals surface area contributed by atoms with E-state index in [0.29, 0.717) is 16.7 Å². The van der Waals surface area contributed by atoms with Crippen molar-refractivity contribution >= 4 is 43.4 Å². The zero-order valence-electron chi connectivity index (χ0n) is 11.0. The molecule has 1 aromatic heterocycles. The molecule has 0 spiro atoms. The number of halogens is 5. The summed E-state index contributed by atoms with van der Waals surface area (Å²) in [6, 6.07) is 6.38. The average Bonchev–Trinajstić information content (AvgIpc) is 2.45. The first-order chi connectivity index (χ1) is 10.6. The fraction of sp³-hybridized carbons (Fsp3) is 0.0833. The number of pyridine rings is 1. The van der Waals surface area contributed by atoms with Crippen molar-refractivity contribution in [2.24, 2.45) is 0 Å². The largest absolute Gasteiger partial charge is 0.417 e. The van der Waals surface area contributed by atoms with Crippen LogP contribution in [-0.2, 0) is 16.2 Å². The van der Waals surface area contributed by atoms with Gasteiger partial charge in [-0.15, -0.1) is 4.83 Å². The molecule has 0 bridgehead atoms. The third-order valence-corrected chi connectivity index (χ3v) is 4.68. The Kier molecular flexibility index (Phi) is 5.19. The minimum atomic E-state index is -4.59. The maximum Gasteiger partial charge on any atom is 0.417 e. The van der Waals surface area contributed by atoms with Gasteiger partial charge >= 0.3 is 6.18 Å². The summed E-state index contributed by atoms with van der Waals surface area (Å²) >= 11 is 8.84. The highest BCUT2D eigenvalue weighted by atomic mass is 79.9. The van der Waals surface area contributed by atoms with Crippen molar-refractivity contribution < 1.29 is 21.6 Å². The molecule has 1 aromatic carbocycles. The van der Waals surface area contributed by atoms with E-state index in [2.05, 4.69) is 26.3 Å². The molecule has 0 radical (unpaired) electrons. The van der Waals surface area contributed by atoms with Crippen LogP contribution in [0.25, 0.3) is 0 Å². The third kappa shape index (κ3) is 4.56. The Morgan fingerprint density at radius 3 is 2.30 bits per heavy atom. The number of sulfonamides is 1. The molecule has 124 valence electrons. The number of anilines is 1. The van der Waals surface area contributed by atoms with Gasteiger partial charge in [0.25, 0.3) is 10.0 Å². The van der Waals surface area contributed by atoms with Gasteiger partial charge in [-0.25, -0.2) is 13.4 Å². The van der Waals surface area contributed by atoms with Crippen molar-refractivity contribution in [1.29, 1.82) is 0 Å². The summed E-state index contributed by atoms with van der Waals surface area (Å²) in [6.07, 6.45) is -4.05. The molecule has 0 unspecified atom stereocenters. The first-order valence-corrected chi connectivity index (χ1v) is 8.51. The summed E-state index contributed by atoms with van der Waals surface area (Å²) < 4.78 is 62.2. The van der Waals surface area contributed by atoms with Crippen LogP contribution in [0, 0.1) is 0 Å². The van der Waals surface area contributed by atoms with Crippen molar-refractivity contribution in [3.05, 3.63) is 51.6 Å². The first-order valence-electron chi connectivity index (χ1n) is 5.86. The van der Waals surface area contributed by atoms with E-state index in [0.717, 1.165) is 0 Å². The van der Waals surface area contributed by atoms with Crippen LogP contribution in [0.15, 0.2) is 45.9 Å². The highest BCUT2D eigenvalue weighted by molar-refractivity contribution is 9.10. The van der Waals surface area contributed by atoms with Gasteiger partial charge in [-0.3, -0.25) is 5.43 Å². The molecule has 0 amide bonds. The second-order valence-corrected chi connectivity index (χ2v) is 7.24. The molecule has 0 aliphatic heterocycles. The lowest BCUT2D eigenvalue weighted by Gasteiger charge is -2.12. The molecule has 0 atom stereocenters. The summed E-state index contributed by atoms with van der Waals surface area (Å²) in [7, 11) is -3.93.